The van der Waals surface area contributed by atoms with Crippen molar-refractivity contribution in [3.63, 3.8) is 0 Å². The fraction of sp³-hybridized carbons (Fsp3) is 0.493. The van der Waals surface area contributed by atoms with Crippen molar-refractivity contribution < 1.29 is 18.5 Å². The first kappa shape index (κ1) is 79.6. The Morgan fingerprint density at radius 1 is 0.571 bits per heavy atom. The molecule has 0 radical (unpaired) electrons. The van der Waals surface area contributed by atoms with Gasteiger partial charge in [-0.25, -0.2) is 19.7 Å². The molecule has 0 bridgehead atoms. The molecule has 16 heteroatoms. The zero-order valence-corrected chi connectivity index (χ0v) is 59.6. The highest BCUT2D eigenvalue weighted by atomic mass is 16.5. The molecule has 0 aliphatic carbocycles. The Morgan fingerprint density at radius 3 is 1.45 bits per heavy atom. The molecule has 1 unspecified atom stereocenters. The Hall–Kier alpha value is -9.40. The van der Waals surface area contributed by atoms with E-state index in [-0.39, 0.29) is 55.4 Å². The van der Waals surface area contributed by atoms with Gasteiger partial charge < -0.3 is 23.2 Å². The monoisotopic (exact) mass is 1230 g/mol. The van der Waals surface area contributed by atoms with Crippen LogP contribution in [0.15, 0.2) is 64.5 Å². The zero-order chi connectivity index (χ0) is 70.5. The molecule has 1 atom stereocenters. The minimum Gasteiger partial charge on any atom is -0.458 e. The topological polar surface area (TPSA) is 189 Å². The zero-order valence-electron chi connectivity index (χ0n) is 59.6. The van der Waals surface area contributed by atoms with Gasteiger partial charge in [0.05, 0.1) is 17.6 Å². The number of aromatic amines is 2. The van der Waals surface area contributed by atoms with Crippen molar-refractivity contribution >= 4 is 5.97 Å². The Balaban J connectivity index is 0.000000520. The summed E-state index contributed by atoms with van der Waals surface area (Å²) in [4.78, 5) is 26.3. The molecule has 7 aromatic rings. The first-order valence-corrected chi connectivity index (χ1v) is 29.8. The minimum absolute atomic E-state index is 0.0125. The van der Waals surface area contributed by atoms with E-state index in [9.17, 15) is 4.79 Å². The van der Waals surface area contributed by atoms with Gasteiger partial charge in [0.2, 0.25) is 0 Å². The number of aromatic nitrogens is 12. The van der Waals surface area contributed by atoms with Crippen LogP contribution in [0.5, 0.6) is 0 Å². The van der Waals surface area contributed by atoms with Crippen LogP contribution in [0, 0.1) is 91.8 Å². The van der Waals surface area contributed by atoms with Gasteiger partial charge in [0.1, 0.15) is 35.7 Å². The Kier molecular flexibility index (Phi) is 28.8. The number of cyclic esters (lactones) is 1. The number of carbonyl (C=O) groups is 1. The van der Waals surface area contributed by atoms with E-state index in [0.717, 1.165) is 57.3 Å². The quantitative estimate of drug-likeness (QED) is 0.109. The number of nitrogens with one attached hydrogen (secondary N) is 2. The van der Waals surface area contributed by atoms with Crippen molar-refractivity contribution in [2.24, 2.45) is 26.6 Å². The smallest absolute Gasteiger partial charge is 0.330 e. The summed E-state index contributed by atoms with van der Waals surface area (Å²) in [7, 11) is 5.72. The number of nitrogens with zero attached hydrogens (tertiary/aromatic N) is 10. The van der Waals surface area contributed by atoms with E-state index in [1.807, 2.05) is 54.9 Å². The maximum atomic E-state index is 10.8. The predicted octanol–water partition coefficient (Wildman–Crippen LogP) is 14.3. The van der Waals surface area contributed by atoms with Gasteiger partial charge in [-0.15, -0.1) is 45.0 Å². The van der Waals surface area contributed by atoms with Crippen molar-refractivity contribution in [3.05, 3.63) is 135 Å². The molecule has 0 aromatic carbocycles. The fourth-order valence-electron chi connectivity index (χ4n) is 7.69. The number of hydrogen-bond donors (Lipinski definition) is 2. The SMILES string of the molecule is C#Cc1[nH]ncc1C(C)(C)C.C#Cc1cc(C(C)(C)C)n(C)n1.C#Cc1nc(C(C)(C)C)cn1C.C#Cc1nc(C(C)(C)C)co1.C#Cc1ncc(C(C)(C)C)[nH]1.C#Cc1nn(C)cc1C(C)(C)C.C#Cc1nocc1C(C)(C)C.CC(C)(C)C1CC=CC(=O)O1. The largest absolute Gasteiger partial charge is 0.458 e. The second-order valence-corrected chi connectivity index (χ2v) is 29.8. The van der Waals surface area contributed by atoms with E-state index in [1.165, 1.54) is 6.08 Å². The number of ether oxygens (including phenoxy) is 1. The number of terminal acetylenes is 7. The predicted molar refractivity (Wildman–Crippen MR) is 369 cm³/mol. The van der Waals surface area contributed by atoms with E-state index in [1.54, 1.807) is 29.6 Å². The third kappa shape index (κ3) is 26.7. The Morgan fingerprint density at radius 2 is 1.14 bits per heavy atom. The molecule has 7 aromatic heterocycles. The van der Waals surface area contributed by atoms with Gasteiger partial charge in [-0.3, -0.25) is 14.5 Å². The van der Waals surface area contributed by atoms with Gasteiger partial charge in [0.15, 0.2) is 17.3 Å². The number of rotatable bonds is 0. The van der Waals surface area contributed by atoms with Crippen LogP contribution in [0.2, 0.25) is 0 Å². The van der Waals surface area contributed by atoms with Gasteiger partial charge in [0, 0.05) is 102 Å². The molecule has 0 amide bonds. The summed E-state index contributed by atoms with van der Waals surface area (Å²) >= 11 is 0. The number of oxazole rings is 1. The molecule has 1 aliphatic rings. The minimum atomic E-state index is -0.212. The van der Waals surface area contributed by atoms with Crippen LogP contribution in [-0.2, 0) is 68.6 Å². The highest BCUT2D eigenvalue weighted by Crippen LogP contribution is 2.29. The van der Waals surface area contributed by atoms with E-state index in [0.29, 0.717) is 28.9 Å². The number of hydrogen-bond acceptors (Lipinski definition) is 11. The van der Waals surface area contributed by atoms with Crippen LogP contribution < -0.4 is 0 Å². The number of imidazole rings is 2. The van der Waals surface area contributed by atoms with Crippen LogP contribution in [0.3, 0.4) is 0 Å². The van der Waals surface area contributed by atoms with Gasteiger partial charge in [-0.1, -0.05) is 183 Å². The number of esters is 1. The molecule has 486 valence electrons. The van der Waals surface area contributed by atoms with Crippen molar-refractivity contribution in [2.45, 2.75) is 217 Å². The molecule has 0 fully saturated rings. The molecule has 1 aliphatic heterocycles. The summed E-state index contributed by atoms with van der Waals surface area (Å²) in [5.41, 5.74) is 10.8. The van der Waals surface area contributed by atoms with Gasteiger partial charge >= 0.3 is 5.97 Å². The standard InChI is InChI=1S/3C10H14N2.2C9H12N2.2C9H11NO.C9H14O2/c1-6-9-11-8(7-12(9)5)10(2,3)4;1-6-9-8(10(2,3)4)7-12(5)11-9;1-6-8-7-9(10(2,3)4)12(5)11-8;1-5-8-10-6-7(11-8)9(2,3)4;1-5-8-7(6-10-11-8)9(2,3)4;1-5-8-10-7(6-11-8)9(2,3)4;1-5-8-7(6-11-10-8)9(2,3)4;1-9(2,3)7-5-4-6-8(10)11-7/h3*1,7H,2-5H3;2*1,6H,2-4H3,(H,10,11);2*1,6H,2-4H3;4,6-7H,5H2,1-3H3. The van der Waals surface area contributed by atoms with Gasteiger partial charge in [-0.2, -0.15) is 15.3 Å². The van der Waals surface area contributed by atoms with Crippen molar-refractivity contribution in [1.29, 1.82) is 0 Å². The summed E-state index contributed by atoms with van der Waals surface area (Å²) in [5.74, 6) is 18.9. The van der Waals surface area contributed by atoms with Crippen molar-refractivity contribution in [2.75, 3.05) is 0 Å². The summed E-state index contributed by atoms with van der Waals surface area (Å²) in [5, 5.41) is 18.7. The average molecular weight is 1240 g/mol. The lowest BCUT2D eigenvalue weighted by Crippen LogP contribution is -2.32. The van der Waals surface area contributed by atoms with Crippen LogP contribution in [0.4, 0.5) is 0 Å². The molecule has 2 N–H and O–H groups in total. The average Bonchev–Trinajstić information content (AvgIpc) is 2.80. The lowest BCUT2D eigenvalue weighted by Gasteiger charge is -2.30. The van der Waals surface area contributed by atoms with Crippen LogP contribution >= 0.6 is 0 Å². The fourth-order valence-corrected chi connectivity index (χ4v) is 7.69. The number of aryl methyl sites for hydroxylation is 3. The molecule has 0 saturated heterocycles. The highest BCUT2D eigenvalue weighted by Gasteiger charge is 2.29. The first-order valence-electron chi connectivity index (χ1n) is 29.8. The van der Waals surface area contributed by atoms with E-state index < -0.39 is 0 Å². The van der Waals surface area contributed by atoms with E-state index >= 15 is 0 Å². The molecule has 8 heterocycles. The summed E-state index contributed by atoms with van der Waals surface area (Å²) in [6.45, 7) is 50.5. The second kappa shape index (κ2) is 32.9. The Labute approximate surface area is 546 Å². The number of H-pyrrole nitrogens is 2. The lowest BCUT2D eigenvalue weighted by atomic mass is 9.86. The first-order chi connectivity index (χ1) is 41.5. The second-order valence-electron chi connectivity index (χ2n) is 29.8. The third-order valence-corrected chi connectivity index (χ3v) is 13.2. The van der Waals surface area contributed by atoms with E-state index in [2.05, 4.69) is 253 Å². The third-order valence-electron chi connectivity index (χ3n) is 13.2. The lowest BCUT2D eigenvalue weighted by molar-refractivity contribution is -0.149. The maximum Gasteiger partial charge on any atom is 0.330 e. The highest BCUT2D eigenvalue weighted by molar-refractivity contribution is 5.82. The molecular weight excluding hydrogens is 1130 g/mol. The number of carbonyl (C=O) groups excluding carboxylic acids is 1. The summed E-state index contributed by atoms with van der Waals surface area (Å²) in [6, 6.07) is 1.96. The summed E-state index contributed by atoms with van der Waals surface area (Å²) in [6.07, 6.45) is 51.6. The van der Waals surface area contributed by atoms with Crippen LogP contribution in [-0.4, -0.2) is 71.5 Å². The molecule has 16 nitrogen and oxygen atoms in total. The maximum absolute atomic E-state index is 10.8. The molecule has 0 spiro atoms. The van der Waals surface area contributed by atoms with Crippen molar-refractivity contribution in [3.8, 4) is 86.4 Å². The Bertz CT molecular complexity index is 3660. The van der Waals surface area contributed by atoms with Crippen LogP contribution in [0.25, 0.3) is 0 Å². The molecular formula is C75H102N12O4. The molecule has 0 saturated carbocycles. The van der Waals surface area contributed by atoms with E-state index in [4.69, 9.17) is 58.6 Å². The normalized spacial score (nSPS) is 12.8. The van der Waals surface area contributed by atoms with Gasteiger partial charge in [-0.05, 0) is 63.2 Å². The molecule has 8 rings (SSSR count). The molecule has 91 heavy (non-hydrogen) atoms. The summed E-state index contributed by atoms with van der Waals surface area (Å²) < 4.78 is 20.4. The van der Waals surface area contributed by atoms with Gasteiger partial charge in [0.25, 0.3) is 5.89 Å². The van der Waals surface area contributed by atoms with Crippen molar-refractivity contribution in [1.82, 2.24) is 59.4 Å². The van der Waals surface area contributed by atoms with Crippen LogP contribution in [0.1, 0.15) is 252 Å².